The van der Waals surface area contributed by atoms with Crippen LogP contribution in [0.4, 0.5) is 0 Å². The van der Waals surface area contributed by atoms with Gasteiger partial charge < -0.3 is 4.74 Å². The van der Waals surface area contributed by atoms with Crippen molar-refractivity contribution in [2.45, 2.75) is 50.7 Å². The second-order valence-electron chi connectivity index (χ2n) is 5.46. The van der Waals surface area contributed by atoms with Gasteiger partial charge in [-0.05, 0) is 32.1 Å². The van der Waals surface area contributed by atoms with Gasteiger partial charge in [0.15, 0.2) is 0 Å². The normalized spacial score (nSPS) is 40.2. The van der Waals surface area contributed by atoms with Crippen LogP contribution in [0.5, 0.6) is 0 Å². The van der Waals surface area contributed by atoms with Crippen molar-refractivity contribution in [1.82, 2.24) is 4.90 Å². The average molecular weight is 223 g/mol. The van der Waals surface area contributed by atoms with E-state index in [1.54, 1.807) is 0 Å². The van der Waals surface area contributed by atoms with E-state index in [0.717, 1.165) is 39.0 Å². The molecule has 3 heteroatoms. The van der Waals surface area contributed by atoms with Crippen LogP contribution in [0.15, 0.2) is 0 Å². The van der Waals surface area contributed by atoms with Crippen molar-refractivity contribution in [3.63, 3.8) is 0 Å². The van der Waals surface area contributed by atoms with E-state index in [0.29, 0.717) is 23.8 Å². The van der Waals surface area contributed by atoms with Crippen molar-refractivity contribution in [3.8, 4) is 0 Å². The van der Waals surface area contributed by atoms with Crippen molar-refractivity contribution < 1.29 is 9.53 Å². The second kappa shape index (κ2) is 4.46. The number of fused-ring (bicyclic) bond motifs is 1. The molecule has 1 heterocycles. The molecule has 3 fully saturated rings. The minimum atomic E-state index is 0.333. The fraction of sp³-hybridized carbons (Fsp3) is 0.923. The van der Waals surface area contributed by atoms with Crippen LogP contribution in [0.1, 0.15) is 38.5 Å². The van der Waals surface area contributed by atoms with Crippen LogP contribution in [-0.2, 0) is 9.53 Å². The fourth-order valence-corrected chi connectivity index (χ4v) is 3.60. The predicted molar refractivity (Wildman–Crippen MR) is 61.3 cm³/mol. The van der Waals surface area contributed by atoms with E-state index < -0.39 is 0 Å². The summed E-state index contributed by atoms with van der Waals surface area (Å²) in [6.45, 7) is 2.90. The Morgan fingerprint density at radius 3 is 3.00 bits per heavy atom. The standard InChI is InChI=1S/C13H21NO2/c15-12-5-1-3-10(12)9-14-7-8-16-13-6-2-4-11(13)14/h10-11,13H,1-9H2. The molecule has 2 saturated carbocycles. The summed E-state index contributed by atoms with van der Waals surface area (Å²) >= 11 is 0. The molecular formula is C13H21NO2. The van der Waals surface area contributed by atoms with E-state index in [9.17, 15) is 4.79 Å². The van der Waals surface area contributed by atoms with Gasteiger partial charge in [0.05, 0.1) is 12.7 Å². The average Bonchev–Trinajstić information content (AvgIpc) is 2.89. The van der Waals surface area contributed by atoms with Gasteiger partial charge in [-0.2, -0.15) is 0 Å². The number of ether oxygens (including phenoxy) is 1. The molecule has 1 aliphatic heterocycles. The Morgan fingerprint density at radius 1 is 1.25 bits per heavy atom. The minimum Gasteiger partial charge on any atom is -0.375 e. The van der Waals surface area contributed by atoms with Gasteiger partial charge in [0.2, 0.25) is 0 Å². The number of carbonyl (C=O) groups is 1. The van der Waals surface area contributed by atoms with Crippen LogP contribution < -0.4 is 0 Å². The Labute approximate surface area is 97.1 Å². The summed E-state index contributed by atoms with van der Waals surface area (Å²) in [7, 11) is 0. The highest BCUT2D eigenvalue weighted by molar-refractivity contribution is 5.83. The molecule has 0 radical (unpaired) electrons. The van der Waals surface area contributed by atoms with Crippen LogP contribution in [0.3, 0.4) is 0 Å². The summed E-state index contributed by atoms with van der Waals surface area (Å²) < 4.78 is 5.80. The molecule has 0 bridgehead atoms. The number of ketones is 1. The van der Waals surface area contributed by atoms with Crippen LogP contribution in [0.2, 0.25) is 0 Å². The summed E-state index contributed by atoms with van der Waals surface area (Å²) in [5, 5.41) is 0. The topological polar surface area (TPSA) is 29.5 Å². The number of hydrogen-bond acceptors (Lipinski definition) is 3. The summed E-state index contributed by atoms with van der Waals surface area (Å²) in [5.41, 5.74) is 0. The summed E-state index contributed by atoms with van der Waals surface area (Å²) in [6.07, 6.45) is 7.30. The van der Waals surface area contributed by atoms with Gasteiger partial charge in [0, 0.05) is 31.5 Å². The molecule has 90 valence electrons. The van der Waals surface area contributed by atoms with Crippen LogP contribution in [0.25, 0.3) is 0 Å². The van der Waals surface area contributed by atoms with Gasteiger partial charge in [-0.1, -0.05) is 0 Å². The van der Waals surface area contributed by atoms with E-state index >= 15 is 0 Å². The monoisotopic (exact) mass is 223 g/mol. The van der Waals surface area contributed by atoms with Crippen molar-refractivity contribution in [2.24, 2.45) is 5.92 Å². The smallest absolute Gasteiger partial charge is 0.137 e. The molecule has 0 aromatic rings. The van der Waals surface area contributed by atoms with Gasteiger partial charge in [-0.3, -0.25) is 9.69 Å². The molecule has 3 atom stereocenters. The first-order valence-electron chi connectivity index (χ1n) is 6.73. The van der Waals surface area contributed by atoms with Crippen LogP contribution in [-0.4, -0.2) is 42.5 Å². The number of rotatable bonds is 2. The van der Waals surface area contributed by atoms with Crippen LogP contribution in [0, 0.1) is 5.92 Å². The molecule has 0 N–H and O–H groups in total. The van der Waals surface area contributed by atoms with Gasteiger partial charge in [-0.25, -0.2) is 0 Å². The lowest BCUT2D eigenvalue weighted by Crippen LogP contribution is -2.50. The maximum atomic E-state index is 11.7. The molecule has 2 aliphatic carbocycles. The lowest BCUT2D eigenvalue weighted by molar-refractivity contribution is -0.122. The molecule has 0 amide bonds. The Bertz CT molecular complexity index is 279. The quantitative estimate of drug-likeness (QED) is 0.712. The van der Waals surface area contributed by atoms with Crippen molar-refractivity contribution in [3.05, 3.63) is 0 Å². The molecule has 3 nitrogen and oxygen atoms in total. The first kappa shape index (κ1) is 10.7. The zero-order valence-electron chi connectivity index (χ0n) is 9.86. The molecular weight excluding hydrogens is 202 g/mol. The second-order valence-corrected chi connectivity index (χ2v) is 5.46. The Balaban J connectivity index is 1.62. The van der Waals surface area contributed by atoms with Crippen LogP contribution >= 0.6 is 0 Å². The lowest BCUT2D eigenvalue weighted by atomic mass is 10.0. The fourth-order valence-electron chi connectivity index (χ4n) is 3.60. The minimum absolute atomic E-state index is 0.333. The molecule has 0 aromatic carbocycles. The number of carbonyl (C=O) groups excluding carboxylic acids is 1. The molecule has 0 aromatic heterocycles. The van der Waals surface area contributed by atoms with E-state index in [1.807, 2.05) is 0 Å². The van der Waals surface area contributed by atoms with Gasteiger partial charge in [0.25, 0.3) is 0 Å². The predicted octanol–water partition coefficient (Wildman–Crippen LogP) is 1.61. The molecule has 3 aliphatic rings. The Hall–Kier alpha value is -0.410. The van der Waals surface area contributed by atoms with Crippen molar-refractivity contribution in [1.29, 1.82) is 0 Å². The highest BCUT2D eigenvalue weighted by atomic mass is 16.5. The summed E-state index contributed by atoms with van der Waals surface area (Å²) in [4.78, 5) is 14.2. The highest BCUT2D eigenvalue weighted by Crippen LogP contribution is 2.31. The third-order valence-electron chi connectivity index (χ3n) is 4.48. The molecule has 3 unspecified atom stereocenters. The third-order valence-corrected chi connectivity index (χ3v) is 4.48. The zero-order chi connectivity index (χ0) is 11.0. The number of morpholine rings is 1. The Morgan fingerprint density at radius 2 is 2.19 bits per heavy atom. The van der Waals surface area contributed by atoms with Crippen molar-refractivity contribution >= 4 is 5.78 Å². The molecule has 16 heavy (non-hydrogen) atoms. The number of hydrogen-bond donors (Lipinski definition) is 0. The zero-order valence-corrected chi connectivity index (χ0v) is 9.86. The lowest BCUT2D eigenvalue weighted by Gasteiger charge is -2.38. The maximum Gasteiger partial charge on any atom is 0.137 e. The molecule has 0 spiro atoms. The molecule has 1 saturated heterocycles. The summed E-state index contributed by atoms with van der Waals surface area (Å²) in [6, 6.07) is 0.613. The number of nitrogens with zero attached hydrogens (tertiary/aromatic N) is 1. The van der Waals surface area contributed by atoms with Gasteiger partial charge in [-0.15, -0.1) is 0 Å². The Kier molecular flexibility index (Phi) is 2.99. The van der Waals surface area contributed by atoms with E-state index in [2.05, 4.69) is 4.90 Å². The first-order valence-corrected chi connectivity index (χ1v) is 6.73. The van der Waals surface area contributed by atoms with E-state index in [1.165, 1.54) is 19.3 Å². The van der Waals surface area contributed by atoms with Gasteiger partial charge in [0.1, 0.15) is 5.78 Å². The maximum absolute atomic E-state index is 11.7. The number of Topliss-reactive ketones (excluding diaryl/α,β-unsaturated/α-hetero) is 1. The molecule has 3 rings (SSSR count). The summed E-state index contributed by atoms with van der Waals surface area (Å²) in [5.74, 6) is 0.834. The van der Waals surface area contributed by atoms with Crippen molar-refractivity contribution in [2.75, 3.05) is 19.7 Å². The highest BCUT2D eigenvalue weighted by Gasteiger charge is 2.38. The van der Waals surface area contributed by atoms with Gasteiger partial charge >= 0.3 is 0 Å². The SMILES string of the molecule is O=C1CCCC1CN1CCOC2CCCC21. The van der Waals surface area contributed by atoms with E-state index in [4.69, 9.17) is 4.74 Å². The van der Waals surface area contributed by atoms with E-state index in [-0.39, 0.29) is 0 Å². The first-order chi connectivity index (χ1) is 7.84. The third kappa shape index (κ3) is 1.91. The largest absolute Gasteiger partial charge is 0.375 e.